The Hall–Kier alpha value is -2.13. The number of benzene rings is 2. The van der Waals surface area contributed by atoms with Crippen LogP contribution in [0.15, 0.2) is 36.4 Å². The molecule has 24 heavy (non-hydrogen) atoms. The van der Waals surface area contributed by atoms with Gasteiger partial charge in [-0.1, -0.05) is 42.0 Å². The zero-order valence-corrected chi connectivity index (χ0v) is 14.7. The number of fused-ring (bicyclic) bond motifs is 1. The first kappa shape index (κ1) is 15.4. The van der Waals surface area contributed by atoms with Crippen LogP contribution < -0.4 is 4.90 Å². The molecule has 2 aromatic rings. The topological polar surface area (TPSA) is 26.5 Å². The average Bonchev–Trinajstić information content (AvgIpc) is 3.09. The van der Waals surface area contributed by atoms with E-state index in [4.69, 9.17) is 0 Å². The maximum absolute atomic E-state index is 10.6. The molecule has 2 aromatic carbocycles. The van der Waals surface area contributed by atoms with Gasteiger partial charge in [-0.05, 0) is 37.5 Å². The smallest absolute Gasteiger partial charge is 0.240 e. The van der Waals surface area contributed by atoms with Gasteiger partial charge in [-0.25, -0.2) is 4.90 Å². The van der Waals surface area contributed by atoms with Crippen molar-refractivity contribution in [3.05, 3.63) is 64.2 Å². The minimum atomic E-state index is -0.321. The number of hydrogen-bond acceptors (Lipinski definition) is 2. The Labute approximate surface area is 143 Å². The Morgan fingerprint density at radius 1 is 1.08 bits per heavy atom. The molecule has 1 heterocycles. The lowest BCUT2D eigenvalue weighted by molar-refractivity contribution is -0.568. The van der Waals surface area contributed by atoms with Crippen LogP contribution in [0.4, 0.5) is 5.69 Å². The van der Waals surface area contributed by atoms with Crippen molar-refractivity contribution in [1.82, 2.24) is 0 Å². The molecule has 3 nitrogen and oxygen atoms in total. The zero-order chi connectivity index (χ0) is 16.8. The average molecular weight is 321 g/mol. The van der Waals surface area contributed by atoms with Gasteiger partial charge in [0.1, 0.15) is 30.9 Å². The van der Waals surface area contributed by atoms with Gasteiger partial charge in [0.25, 0.3) is 0 Å². The molecule has 0 saturated heterocycles. The Balaban J connectivity index is 1.69. The standard InChI is InChI=1S/C21H25N2O/c1-14-10-15(2)20(16(3)11-14)22-8-9-23(13-22)21-18-7-5-4-6-17(18)12-19(21)24/h4-7,10-11,13,19,21,24H,8-9,12H2,1-3H3/q+1/t19-,21+/m0/s1. The van der Waals surface area contributed by atoms with E-state index in [0.29, 0.717) is 0 Å². The normalized spacial score (nSPS) is 22.7. The summed E-state index contributed by atoms with van der Waals surface area (Å²) in [6, 6.07) is 13.0. The minimum Gasteiger partial charge on any atom is -0.388 e. The van der Waals surface area contributed by atoms with E-state index in [9.17, 15) is 5.11 Å². The van der Waals surface area contributed by atoms with Crippen LogP contribution in [0.3, 0.4) is 0 Å². The van der Waals surface area contributed by atoms with Crippen LogP contribution >= 0.6 is 0 Å². The lowest BCUT2D eigenvalue weighted by Gasteiger charge is -2.15. The van der Waals surface area contributed by atoms with Gasteiger partial charge in [0.2, 0.25) is 6.34 Å². The predicted octanol–water partition coefficient (Wildman–Crippen LogP) is 3.13. The van der Waals surface area contributed by atoms with Crippen LogP contribution in [0, 0.1) is 20.8 Å². The van der Waals surface area contributed by atoms with Gasteiger partial charge in [0, 0.05) is 12.0 Å². The number of aliphatic hydroxyl groups excluding tert-OH is 1. The molecule has 0 fully saturated rings. The fraction of sp³-hybridized carbons (Fsp3) is 0.381. The monoisotopic (exact) mass is 321 g/mol. The Morgan fingerprint density at radius 3 is 2.54 bits per heavy atom. The van der Waals surface area contributed by atoms with E-state index in [-0.39, 0.29) is 12.1 Å². The molecule has 1 N–H and O–H groups in total. The number of rotatable bonds is 2. The van der Waals surface area contributed by atoms with Crippen molar-refractivity contribution >= 4 is 12.0 Å². The predicted molar refractivity (Wildman–Crippen MR) is 98.1 cm³/mol. The van der Waals surface area contributed by atoms with Gasteiger partial charge in [-0.3, -0.25) is 4.58 Å². The Morgan fingerprint density at radius 2 is 1.79 bits per heavy atom. The third-order valence-corrected chi connectivity index (χ3v) is 5.33. The lowest BCUT2D eigenvalue weighted by Crippen LogP contribution is -2.26. The van der Waals surface area contributed by atoms with E-state index in [2.05, 4.69) is 73.0 Å². The number of anilines is 1. The summed E-state index contributed by atoms with van der Waals surface area (Å²) in [5.74, 6) is 0. The van der Waals surface area contributed by atoms with Crippen LogP contribution in [0.2, 0.25) is 0 Å². The molecular formula is C21H25N2O+. The summed E-state index contributed by atoms with van der Waals surface area (Å²) in [5, 5.41) is 10.6. The van der Waals surface area contributed by atoms with Crippen molar-refractivity contribution in [1.29, 1.82) is 0 Å². The van der Waals surface area contributed by atoms with Gasteiger partial charge >= 0.3 is 0 Å². The minimum absolute atomic E-state index is 0.0808. The summed E-state index contributed by atoms with van der Waals surface area (Å²) < 4.78 is 2.31. The molecule has 0 saturated carbocycles. The van der Waals surface area contributed by atoms with Crippen LogP contribution in [0.1, 0.15) is 33.9 Å². The highest BCUT2D eigenvalue weighted by Crippen LogP contribution is 2.35. The van der Waals surface area contributed by atoms with Gasteiger partial charge in [0.05, 0.1) is 0 Å². The largest absolute Gasteiger partial charge is 0.388 e. The SMILES string of the molecule is Cc1cc(C)c(N2C=[N+]([C@@H]3c4ccccc4C[C@@H]3O)CC2)c(C)c1. The number of aliphatic hydroxyl groups is 1. The fourth-order valence-electron chi connectivity index (χ4n) is 4.48. The molecule has 2 atom stereocenters. The maximum atomic E-state index is 10.6. The molecule has 1 aliphatic carbocycles. The quantitative estimate of drug-likeness (QED) is 0.860. The van der Waals surface area contributed by atoms with Crippen LogP contribution in [0.25, 0.3) is 0 Å². The Bertz CT molecular complexity index is 801. The molecule has 1 aliphatic heterocycles. The van der Waals surface area contributed by atoms with E-state index in [1.165, 1.54) is 33.5 Å². The van der Waals surface area contributed by atoms with E-state index in [1.807, 2.05) is 0 Å². The van der Waals surface area contributed by atoms with Crippen LogP contribution in [-0.2, 0) is 6.42 Å². The van der Waals surface area contributed by atoms with Crippen LogP contribution in [-0.4, -0.2) is 35.2 Å². The summed E-state index contributed by atoms with van der Waals surface area (Å²) in [4.78, 5) is 2.34. The molecule has 0 unspecified atom stereocenters. The highest BCUT2D eigenvalue weighted by atomic mass is 16.3. The van der Waals surface area contributed by atoms with Crippen molar-refractivity contribution in [2.75, 3.05) is 18.0 Å². The summed E-state index contributed by atoms with van der Waals surface area (Å²) in [6.45, 7) is 8.44. The first-order chi connectivity index (χ1) is 11.5. The molecule has 4 rings (SSSR count). The summed E-state index contributed by atoms with van der Waals surface area (Å²) in [5.41, 5.74) is 7.81. The number of hydrogen-bond donors (Lipinski definition) is 1. The number of aryl methyl sites for hydroxylation is 3. The first-order valence-electron chi connectivity index (χ1n) is 8.75. The van der Waals surface area contributed by atoms with Gasteiger partial charge in [-0.15, -0.1) is 0 Å². The van der Waals surface area contributed by atoms with Gasteiger partial charge in [-0.2, -0.15) is 0 Å². The molecule has 2 aliphatic rings. The maximum Gasteiger partial charge on any atom is 0.240 e. The highest BCUT2D eigenvalue weighted by molar-refractivity contribution is 5.81. The second-order valence-corrected chi connectivity index (χ2v) is 7.21. The highest BCUT2D eigenvalue weighted by Gasteiger charge is 2.39. The third-order valence-electron chi connectivity index (χ3n) is 5.33. The second-order valence-electron chi connectivity index (χ2n) is 7.21. The zero-order valence-electron chi connectivity index (χ0n) is 14.7. The van der Waals surface area contributed by atoms with Crippen molar-refractivity contribution in [2.45, 2.75) is 39.3 Å². The molecular weight excluding hydrogens is 296 g/mol. The van der Waals surface area contributed by atoms with Crippen molar-refractivity contribution in [3.8, 4) is 0 Å². The van der Waals surface area contributed by atoms with Crippen LogP contribution in [0.5, 0.6) is 0 Å². The molecule has 3 heteroatoms. The summed E-state index contributed by atoms with van der Waals surface area (Å²) in [6.07, 6.45) is 2.65. The van der Waals surface area contributed by atoms with Gasteiger partial charge in [0.15, 0.2) is 0 Å². The van der Waals surface area contributed by atoms with E-state index < -0.39 is 0 Å². The van der Waals surface area contributed by atoms with E-state index >= 15 is 0 Å². The van der Waals surface area contributed by atoms with Crippen molar-refractivity contribution in [2.24, 2.45) is 0 Å². The molecule has 0 amide bonds. The van der Waals surface area contributed by atoms with Crippen molar-refractivity contribution in [3.63, 3.8) is 0 Å². The molecule has 0 radical (unpaired) electrons. The van der Waals surface area contributed by atoms with E-state index in [1.54, 1.807) is 0 Å². The molecule has 0 bridgehead atoms. The fourth-order valence-corrected chi connectivity index (χ4v) is 4.48. The third kappa shape index (κ3) is 2.44. The van der Waals surface area contributed by atoms with E-state index in [0.717, 1.165) is 19.5 Å². The molecule has 0 aromatic heterocycles. The van der Waals surface area contributed by atoms with Gasteiger partial charge < -0.3 is 5.11 Å². The first-order valence-corrected chi connectivity index (χ1v) is 8.75. The Kier molecular flexibility index (Phi) is 3.69. The number of nitrogens with zero attached hydrogens (tertiary/aromatic N) is 2. The lowest BCUT2D eigenvalue weighted by atomic mass is 10.0. The molecule has 0 spiro atoms. The second kappa shape index (κ2) is 5.75. The summed E-state index contributed by atoms with van der Waals surface area (Å²) in [7, 11) is 0. The summed E-state index contributed by atoms with van der Waals surface area (Å²) >= 11 is 0. The van der Waals surface area contributed by atoms with Crippen molar-refractivity contribution < 1.29 is 9.68 Å². The molecule has 124 valence electrons.